The molecule has 3 rings (SSSR count). The van der Waals surface area contributed by atoms with Crippen molar-refractivity contribution in [1.82, 2.24) is 10.6 Å². The first kappa shape index (κ1) is 20.2. The van der Waals surface area contributed by atoms with Crippen molar-refractivity contribution in [2.75, 3.05) is 37.7 Å². The van der Waals surface area contributed by atoms with Crippen LogP contribution in [0.5, 0.6) is 0 Å². The topological polar surface area (TPSA) is 94.5 Å². The van der Waals surface area contributed by atoms with Crippen LogP contribution >= 0.6 is 0 Å². The fraction of sp³-hybridized carbons (Fsp3) is 0.571. The Labute approximate surface area is 166 Å². The third-order valence-electron chi connectivity index (χ3n) is 5.62. The van der Waals surface area contributed by atoms with Gasteiger partial charge in [-0.05, 0) is 43.0 Å². The number of hydrogen-bond acceptors (Lipinski definition) is 5. The van der Waals surface area contributed by atoms with Crippen LogP contribution in [-0.2, 0) is 9.53 Å². The number of ether oxygens (including phenoxy) is 1. The van der Waals surface area contributed by atoms with E-state index in [-0.39, 0.29) is 18.4 Å². The fourth-order valence-electron chi connectivity index (χ4n) is 4.15. The molecule has 0 aromatic heterocycles. The molecule has 7 heteroatoms. The van der Waals surface area contributed by atoms with Gasteiger partial charge in [-0.3, -0.25) is 9.59 Å². The van der Waals surface area contributed by atoms with E-state index in [1.54, 1.807) is 12.1 Å². The molecule has 7 nitrogen and oxygen atoms in total. The van der Waals surface area contributed by atoms with Crippen molar-refractivity contribution in [3.8, 4) is 6.07 Å². The third-order valence-corrected chi connectivity index (χ3v) is 5.62. The van der Waals surface area contributed by atoms with Crippen LogP contribution in [0.2, 0.25) is 0 Å². The zero-order valence-corrected chi connectivity index (χ0v) is 16.4. The van der Waals surface area contributed by atoms with Gasteiger partial charge in [-0.25, -0.2) is 0 Å². The second kappa shape index (κ2) is 9.07. The lowest BCUT2D eigenvalue weighted by atomic mass is 9.75. The van der Waals surface area contributed by atoms with E-state index in [0.717, 1.165) is 31.6 Å². The standard InChI is InChI=1S/C21H28N4O3/c1-16-3-2-8-21(15-16,20(27)23-10-9-22)24-19(26)17-4-6-18(7-5-17)25-11-13-28-14-12-25/h4-7,16H,2-3,8,10-15H2,1H3,(H,23,27)(H,24,26). The van der Waals surface area contributed by atoms with Crippen LogP contribution in [-0.4, -0.2) is 50.2 Å². The molecular formula is C21H28N4O3. The van der Waals surface area contributed by atoms with Crippen LogP contribution in [0.25, 0.3) is 0 Å². The summed E-state index contributed by atoms with van der Waals surface area (Å²) in [5, 5.41) is 14.4. The first-order valence-corrected chi connectivity index (χ1v) is 9.94. The van der Waals surface area contributed by atoms with Crippen molar-refractivity contribution in [1.29, 1.82) is 5.26 Å². The third kappa shape index (κ3) is 4.63. The van der Waals surface area contributed by atoms with Crippen LogP contribution in [0.4, 0.5) is 5.69 Å². The number of nitriles is 1. The van der Waals surface area contributed by atoms with Gasteiger partial charge in [0.25, 0.3) is 5.91 Å². The molecular weight excluding hydrogens is 356 g/mol. The Bertz CT molecular complexity index is 737. The molecule has 2 fully saturated rings. The van der Waals surface area contributed by atoms with E-state index in [1.165, 1.54) is 0 Å². The highest BCUT2D eigenvalue weighted by Crippen LogP contribution is 2.33. The summed E-state index contributed by atoms with van der Waals surface area (Å²) in [6.07, 6.45) is 3.09. The number of carbonyl (C=O) groups is 2. The molecule has 28 heavy (non-hydrogen) atoms. The van der Waals surface area contributed by atoms with Gasteiger partial charge in [0.15, 0.2) is 0 Å². The van der Waals surface area contributed by atoms with Gasteiger partial charge < -0.3 is 20.3 Å². The molecule has 1 saturated carbocycles. The molecule has 0 spiro atoms. The van der Waals surface area contributed by atoms with E-state index in [9.17, 15) is 9.59 Å². The van der Waals surface area contributed by atoms with E-state index >= 15 is 0 Å². The normalized spacial score (nSPS) is 24.9. The maximum Gasteiger partial charge on any atom is 0.252 e. The largest absolute Gasteiger partial charge is 0.378 e. The maximum absolute atomic E-state index is 12.9. The lowest BCUT2D eigenvalue weighted by molar-refractivity contribution is -0.129. The minimum Gasteiger partial charge on any atom is -0.378 e. The predicted molar refractivity (Wildman–Crippen MR) is 106 cm³/mol. The fourth-order valence-corrected chi connectivity index (χ4v) is 4.15. The number of nitrogens with zero attached hydrogens (tertiary/aromatic N) is 2. The molecule has 0 bridgehead atoms. The zero-order valence-electron chi connectivity index (χ0n) is 16.4. The van der Waals surface area contributed by atoms with Crippen LogP contribution in [0.15, 0.2) is 24.3 Å². The van der Waals surface area contributed by atoms with Gasteiger partial charge in [0.05, 0.1) is 19.3 Å². The molecule has 2 atom stereocenters. The molecule has 2 unspecified atom stereocenters. The van der Waals surface area contributed by atoms with Gasteiger partial charge in [-0.15, -0.1) is 0 Å². The number of benzene rings is 1. The van der Waals surface area contributed by atoms with Crippen molar-refractivity contribution < 1.29 is 14.3 Å². The Morgan fingerprint density at radius 2 is 2.00 bits per heavy atom. The van der Waals surface area contributed by atoms with E-state index in [4.69, 9.17) is 10.00 Å². The summed E-state index contributed by atoms with van der Waals surface area (Å²) >= 11 is 0. The van der Waals surface area contributed by atoms with Crippen molar-refractivity contribution in [2.24, 2.45) is 5.92 Å². The van der Waals surface area contributed by atoms with Crippen molar-refractivity contribution in [3.63, 3.8) is 0 Å². The molecule has 1 heterocycles. The molecule has 2 N–H and O–H groups in total. The van der Waals surface area contributed by atoms with Gasteiger partial charge in [0, 0.05) is 24.3 Å². The quantitative estimate of drug-likeness (QED) is 0.756. The van der Waals surface area contributed by atoms with E-state index in [1.807, 2.05) is 18.2 Å². The number of nitrogens with one attached hydrogen (secondary N) is 2. The van der Waals surface area contributed by atoms with E-state index < -0.39 is 5.54 Å². The second-order valence-electron chi connectivity index (χ2n) is 7.72. The van der Waals surface area contributed by atoms with Crippen LogP contribution < -0.4 is 15.5 Å². The van der Waals surface area contributed by atoms with Gasteiger partial charge in [-0.2, -0.15) is 5.26 Å². The van der Waals surface area contributed by atoms with Crippen molar-refractivity contribution in [2.45, 2.75) is 38.1 Å². The first-order valence-electron chi connectivity index (χ1n) is 9.94. The zero-order chi connectivity index (χ0) is 20.0. The number of anilines is 1. The summed E-state index contributed by atoms with van der Waals surface area (Å²) in [5.74, 6) is -0.181. The highest BCUT2D eigenvalue weighted by molar-refractivity contribution is 5.99. The number of rotatable bonds is 5. The Morgan fingerprint density at radius 3 is 2.64 bits per heavy atom. The summed E-state index contributed by atoms with van der Waals surface area (Å²) in [4.78, 5) is 27.9. The molecule has 2 aliphatic rings. The van der Waals surface area contributed by atoms with Gasteiger partial charge in [-0.1, -0.05) is 19.8 Å². The van der Waals surface area contributed by atoms with E-state index in [2.05, 4.69) is 22.5 Å². The first-order chi connectivity index (χ1) is 13.5. The highest BCUT2D eigenvalue weighted by Gasteiger charge is 2.43. The SMILES string of the molecule is CC1CCCC(NC(=O)c2ccc(N3CCOCC3)cc2)(C(=O)NCC#N)C1. The molecule has 2 amide bonds. The molecule has 1 aromatic rings. The summed E-state index contributed by atoms with van der Waals surface area (Å²) in [6, 6.07) is 9.40. The van der Waals surface area contributed by atoms with Crippen LogP contribution in [0.1, 0.15) is 43.0 Å². The summed E-state index contributed by atoms with van der Waals surface area (Å²) < 4.78 is 5.37. The number of amides is 2. The molecule has 1 aliphatic carbocycles. The Morgan fingerprint density at radius 1 is 1.29 bits per heavy atom. The summed E-state index contributed by atoms with van der Waals surface area (Å²) in [6.45, 7) is 5.13. The summed E-state index contributed by atoms with van der Waals surface area (Å²) in [5.41, 5.74) is 0.643. The lowest BCUT2D eigenvalue weighted by Crippen LogP contribution is -2.60. The van der Waals surface area contributed by atoms with Crippen LogP contribution in [0.3, 0.4) is 0 Å². The average Bonchev–Trinajstić information content (AvgIpc) is 2.72. The van der Waals surface area contributed by atoms with Gasteiger partial charge >= 0.3 is 0 Å². The second-order valence-corrected chi connectivity index (χ2v) is 7.72. The predicted octanol–water partition coefficient (Wildman–Crippen LogP) is 1.84. The minimum absolute atomic E-state index is 0.0565. The molecule has 1 aromatic carbocycles. The molecule has 1 aliphatic heterocycles. The maximum atomic E-state index is 12.9. The minimum atomic E-state index is -0.950. The molecule has 150 valence electrons. The van der Waals surface area contributed by atoms with E-state index in [0.29, 0.717) is 37.5 Å². The monoisotopic (exact) mass is 384 g/mol. The Balaban J connectivity index is 1.72. The molecule has 0 radical (unpaired) electrons. The Hall–Kier alpha value is -2.59. The van der Waals surface area contributed by atoms with Gasteiger partial charge in [0.1, 0.15) is 12.1 Å². The number of hydrogen-bond donors (Lipinski definition) is 2. The van der Waals surface area contributed by atoms with Gasteiger partial charge in [0.2, 0.25) is 5.91 Å². The molecule has 1 saturated heterocycles. The average molecular weight is 384 g/mol. The lowest BCUT2D eigenvalue weighted by Gasteiger charge is -2.39. The smallest absolute Gasteiger partial charge is 0.252 e. The van der Waals surface area contributed by atoms with Crippen molar-refractivity contribution >= 4 is 17.5 Å². The van der Waals surface area contributed by atoms with Crippen molar-refractivity contribution in [3.05, 3.63) is 29.8 Å². The van der Waals surface area contributed by atoms with Crippen LogP contribution in [0, 0.1) is 17.2 Å². The number of morpholine rings is 1. The Kier molecular flexibility index (Phi) is 6.53. The highest BCUT2D eigenvalue weighted by atomic mass is 16.5. The summed E-state index contributed by atoms with van der Waals surface area (Å²) in [7, 11) is 0. The number of carbonyl (C=O) groups excluding carboxylic acids is 2.